The van der Waals surface area contributed by atoms with E-state index in [0.29, 0.717) is 32.2 Å². The smallest absolute Gasteiger partial charge is 0.328 e. The van der Waals surface area contributed by atoms with Crippen LogP contribution in [-0.2, 0) is 0 Å². The van der Waals surface area contributed by atoms with Gasteiger partial charge in [-0.15, -0.1) is 0 Å². The van der Waals surface area contributed by atoms with Crippen molar-refractivity contribution in [2.45, 2.75) is 38.5 Å². The summed E-state index contributed by atoms with van der Waals surface area (Å²) in [7, 11) is 0. The van der Waals surface area contributed by atoms with Crippen LogP contribution in [0.5, 0.6) is 0 Å². The van der Waals surface area contributed by atoms with Crippen molar-refractivity contribution in [3.05, 3.63) is 0 Å². The van der Waals surface area contributed by atoms with Crippen molar-refractivity contribution in [3.8, 4) is 0 Å². The highest BCUT2D eigenvalue weighted by atomic mass is 19.4. The lowest BCUT2D eigenvalue weighted by Gasteiger charge is -2.38. The molecule has 0 aromatic rings. The number of piperazine rings is 1. The molecule has 0 aliphatic carbocycles. The molecule has 0 amide bonds. The zero-order valence-corrected chi connectivity index (χ0v) is 10.5. The monoisotopic (exact) mass is 253 g/mol. The summed E-state index contributed by atoms with van der Waals surface area (Å²) >= 11 is 0. The largest absolute Gasteiger partial charge is 0.401 e. The quantitative estimate of drug-likeness (QED) is 0.819. The van der Waals surface area contributed by atoms with Gasteiger partial charge in [-0.1, -0.05) is 0 Å². The molecular weight excluding hydrogens is 231 g/mol. The first-order valence-electron chi connectivity index (χ1n) is 6.06. The predicted octanol–water partition coefficient (Wildman–Crippen LogP) is 1.29. The fourth-order valence-electron chi connectivity index (χ4n) is 2.30. The Hall–Kier alpha value is -0.330. The SMILES string of the molecule is CC(N)CC(C)N1CCN(CC(F)(F)F)CC1. The van der Waals surface area contributed by atoms with E-state index in [1.807, 2.05) is 6.92 Å². The molecule has 6 heteroatoms. The van der Waals surface area contributed by atoms with Gasteiger partial charge >= 0.3 is 6.18 Å². The summed E-state index contributed by atoms with van der Waals surface area (Å²) in [5.74, 6) is 0. The average Bonchev–Trinajstić information content (AvgIpc) is 2.15. The molecule has 1 heterocycles. The van der Waals surface area contributed by atoms with Crippen LogP contribution in [0.1, 0.15) is 20.3 Å². The number of halogens is 3. The Morgan fingerprint density at radius 2 is 1.65 bits per heavy atom. The van der Waals surface area contributed by atoms with Gasteiger partial charge < -0.3 is 5.73 Å². The number of rotatable bonds is 4. The molecule has 1 fully saturated rings. The summed E-state index contributed by atoms with van der Waals surface area (Å²) in [6.07, 6.45) is -3.20. The molecule has 0 saturated carbocycles. The highest BCUT2D eigenvalue weighted by molar-refractivity contribution is 4.78. The fourth-order valence-corrected chi connectivity index (χ4v) is 2.30. The molecule has 0 bridgehead atoms. The topological polar surface area (TPSA) is 32.5 Å². The predicted molar refractivity (Wildman–Crippen MR) is 61.8 cm³/mol. The van der Waals surface area contributed by atoms with E-state index in [0.717, 1.165) is 6.42 Å². The number of nitrogens with two attached hydrogens (primary N) is 1. The Morgan fingerprint density at radius 1 is 1.12 bits per heavy atom. The van der Waals surface area contributed by atoms with E-state index in [1.54, 1.807) is 0 Å². The van der Waals surface area contributed by atoms with Crippen LogP contribution < -0.4 is 5.73 Å². The zero-order chi connectivity index (χ0) is 13.1. The summed E-state index contributed by atoms with van der Waals surface area (Å²) in [6.45, 7) is 5.63. The number of alkyl halides is 3. The maximum atomic E-state index is 12.2. The minimum atomic E-state index is -4.08. The van der Waals surface area contributed by atoms with Crippen LogP contribution in [-0.4, -0.2) is 60.8 Å². The normalized spacial score (nSPS) is 23.6. The number of nitrogens with zero attached hydrogens (tertiary/aromatic N) is 2. The van der Waals surface area contributed by atoms with Gasteiger partial charge in [-0.05, 0) is 20.3 Å². The molecular formula is C11H22F3N3. The Labute approximate surface area is 101 Å². The molecule has 0 aromatic heterocycles. The van der Waals surface area contributed by atoms with Crippen LogP contribution in [0.15, 0.2) is 0 Å². The van der Waals surface area contributed by atoms with E-state index < -0.39 is 12.7 Å². The molecule has 2 atom stereocenters. The average molecular weight is 253 g/mol. The second-order valence-corrected chi connectivity index (χ2v) is 4.99. The lowest BCUT2D eigenvalue weighted by atomic mass is 10.1. The Bertz CT molecular complexity index is 222. The summed E-state index contributed by atoms with van der Waals surface area (Å²) in [6, 6.07) is 0.487. The van der Waals surface area contributed by atoms with E-state index >= 15 is 0 Å². The van der Waals surface area contributed by atoms with Crippen molar-refractivity contribution in [3.63, 3.8) is 0 Å². The molecule has 1 saturated heterocycles. The highest BCUT2D eigenvalue weighted by Gasteiger charge is 2.32. The van der Waals surface area contributed by atoms with Crippen molar-refractivity contribution in [2.24, 2.45) is 5.73 Å². The molecule has 0 spiro atoms. The van der Waals surface area contributed by atoms with E-state index in [2.05, 4.69) is 11.8 Å². The minimum Gasteiger partial charge on any atom is -0.328 e. The van der Waals surface area contributed by atoms with E-state index in [-0.39, 0.29) is 6.04 Å². The zero-order valence-electron chi connectivity index (χ0n) is 10.5. The Balaban J connectivity index is 2.30. The van der Waals surface area contributed by atoms with Gasteiger partial charge in [0.15, 0.2) is 0 Å². The van der Waals surface area contributed by atoms with Gasteiger partial charge in [0.25, 0.3) is 0 Å². The lowest BCUT2D eigenvalue weighted by Crippen LogP contribution is -2.52. The second kappa shape index (κ2) is 6.02. The maximum Gasteiger partial charge on any atom is 0.401 e. The van der Waals surface area contributed by atoms with Crippen molar-refractivity contribution in [1.82, 2.24) is 9.80 Å². The van der Waals surface area contributed by atoms with Crippen molar-refractivity contribution in [1.29, 1.82) is 0 Å². The van der Waals surface area contributed by atoms with Crippen LogP contribution in [0.3, 0.4) is 0 Å². The minimum absolute atomic E-state index is 0.137. The summed E-state index contributed by atoms with van der Waals surface area (Å²) in [5.41, 5.74) is 5.72. The second-order valence-electron chi connectivity index (χ2n) is 4.99. The van der Waals surface area contributed by atoms with Gasteiger partial charge in [-0.3, -0.25) is 9.80 Å². The Kier molecular flexibility index (Phi) is 5.22. The lowest BCUT2D eigenvalue weighted by molar-refractivity contribution is -0.149. The first-order chi connectivity index (χ1) is 7.78. The van der Waals surface area contributed by atoms with Crippen LogP contribution >= 0.6 is 0 Å². The van der Waals surface area contributed by atoms with Gasteiger partial charge in [0.1, 0.15) is 0 Å². The standard InChI is InChI=1S/C11H22F3N3/c1-9(15)7-10(2)17-5-3-16(4-6-17)8-11(12,13)14/h9-10H,3-8,15H2,1-2H3. The first-order valence-corrected chi connectivity index (χ1v) is 6.06. The molecule has 3 nitrogen and oxygen atoms in total. The Morgan fingerprint density at radius 3 is 2.06 bits per heavy atom. The summed E-state index contributed by atoms with van der Waals surface area (Å²) in [5, 5.41) is 0. The summed E-state index contributed by atoms with van der Waals surface area (Å²) in [4.78, 5) is 3.69. The third-order valence-electron chi connectivity index (χ3n) is 3.15. The number of hydrogen-bond donors (Lipinski definition) is 1. The molecule has 102 valence electrons. The molecule has 0 aromatic carbocycles. The third-order valence-corrected chi connectivity index (χ3v) is 3.15. The molecule has 2 unspecified atom stereocenters. The molecule has 1 aliphatic rings. The van der Waals surface area contributed by atoms with Gasteiger partial charge in [0.05, 0.1) is 6.54 Å². The number of hydrogen-bond acceptors (Lipinski definition) is 3. The van der Waals surface area contributed by atoms with Crippen molar-refractivity contribution >= 4 is 0 Å². The molecule has 1 rings (SSSR count). The molecule has 2 N–H and O–H groups in total. The van der Waals surface area contributed by atoms with Gasteiger partial charge in [-0.2, -0.15) is 13.2 Å². The van der Waals surface area contributed by atoms with Crippen molar-refractivity contribution in [2.75, 3.05) is 32.7 Å². The van der Waals surface area contributed by atoms with Crippen LogP contribution in [0.25, 0.3) is 0 Å². The van der Waals surface area contributed by atoms with E-state index in [1.165, 1.54) is 4.90 Å². The summed E-state index contributed by atoms with van der Waals surface area (Å²) < 4.78 is 36.6. The van der Waals surface area contributed by atoms with E-state index in [9.17, 15) is 13.2 Å². The maximum absolute atomic E-state index is 12.2. The van der Waals surface area contributed by atoms with Crippen LogP contribution in [0, 0.1) is 0 Å². The molecule has 17 heavy (non-hydrogen) atoms. The van der Waals surface area contributed by atoms with Gasteiger partial charge in [-0.25, -0.2) is 0 Å². The fraction of sp³-hybridized carbons (Fsp3) is 1.00. The first kappa shape index (κ1) is 14.7. The van der Waals surface area contributed by atoms with E-state index in [4.69, 9.17) is 5.73 Å². The molecule has 1 aliphatic heterocycles. The molecule has 0 radical (unpaired) electrons. The highest BCUT2D eigenvalue weighted by Crippen LogP contribution is 2.18. The van der Waals surface area contributed by atoms with Crippen molar-refractivity contribution < 1.29 is 13.2 Å². The van der Waals surface area contributed by atoms with Crippen LogP contribution in [0.4, 0.5) is 13.2 Å². The van der Waals surface area contributed by atoms with Gasteiger partial charge in [0, 0.05) is 38.3 Å². The van der Waals surface area contributed by atoms with Gasteiger partial charge in [0.2, 0.25) is 0 Å². The van der Waals surface area contributed by atoms with Crippen LogP contribution in [0.2, 0.25) is 0 Å². The third kappa shape index (κ3) is 5.70.